The fourth-order valence-electron chi connectivity index (χ4n) is 2.93. The molecule has 1 saturated carbocycles. The highest BCUT2D eigenvalue weighted by Gasteiger charge is 2.46. The summed E-state index contributed by atoms with van der Waals surface area (Å²) in [4.78, 5) is 23.1. The molecular weight excluding hydrogens is 260 g/mol. The van der Waals surface area contributed by atoms with Gasteiger partial charge in [0.15, 0.2) is 0 Å². The van der Waals surface area contributed by atoms with E-state index in [0.29, 0.717) is 26.0 Å². The van der Waals surface area contributed by atoms with Crippen LogP contribution in [-0.2, 0) is 9.53 Å². The number of carboxylic acids is 1. The minimum absolute atomic E-state index is 0.00291. The molecule has 0 aromatic heterocycles. The van der Waals surface area contributed by atoms with Crippen LogP contribution in [0.2, 0.25) is 0 Å². The van der Waals surface area contributed by atoms with Crippen LogP contribution in [0.15, 0.2) is 0 Å². The Labute approximate surface area is 120 Å². The van der Waals surface area contributed by atoms with Crippen LogP contribution in [0.4, 0.5) is 4.79 Å². The van der Waals surface area contributed by atoms with E-state index in [9.17, 15) is 14.7 Å². The fraction of sp³-hybridized carbons (Fsp3) is 0.857. The number of hydrogen-bond acceptors (Lipinski definition) is 3. The van der Waals surface area contributed by atoms with Crippen LogP contribution in [0.3, 0.4) is 0 Å². The van der Waals surface area contributed by atoms with E-state index in [-0.39, 0.29) is 29.3 Å². The number of urea groups is 1. The first-order chi connectivity index (χ1) is 9.30. The highest BCUT2D eigenvalue weighted by Crippen LogP contribution is 2.44. The second-order valence-electron chi connectivity index (χ2n) is 6.08. The Balaban J connectivity index is 2.57. The van der Waals surface area contributed by atoms with E-state index in [4.69, 9.17) is 4.74 Å². The van der Waals surface area contributed by atoms with Gasteiger partial charge in [0, 0.05) is 19.7 Å². The molecule has 116 valence electrons. The number of methoxy groups -OCH3 is 1. The molecule has 6 nitrogen and oxygen atoms in total. The molecule has 1 aliphatic rings. The van der Waals surface area contributed by atoms with Gasteiger partial charge in [-0.25, -0.2) is 4.79 Å². The topological polar surface area (TPSA) is 87.7 Å². The van der Waals surface area contributed by atoms with Gasteiger partial charge < -0.3 is 20.5 Å². The van der Waals surface area contributed by atoms with Crippen molar-refractivity contribution in [3.63, 3.8) is 0 Å². The lowest BCUT2D eigenvalue weighted by Crippen LogP contribution is -2.54. The third-order valence-corrected chi connectivity index (χ3v) is 4.65. The van der Waals surface area contributed by atoms with Gasteiger partial charge >= 0.3 is 12.0 Å². The zero-order chi connectivity index (χ0) is 15.3. The maximum atomic E-state index is 11.8. The van der Waals surface area contributed by atoms with Crippen LogP contribution in [0.5, 0.6) is 0 Å². The molecule has 0 radical (unpaired) electrons. The predicted octanol–water partition coefficient (Wildman–Crippen LogP) is 1.46. The minimum Gasteiger partial charge on any atom is -0.481 e. The van der Waals surface area contributed by atoms with Gasteiger partial charge in [0.05, 0.1) is 12.5 Å². The highest BCUT2D eigenvalue weighted by atomic mass is 16.5. The van der Waals surface area contributed by atoms with Crippen molar-refractivity contribution in [2.45, 2.75) is 39.7 Å². The molecule has 0 heterocycles. The zero-order valence-electron chi connectivity index (χ0n) is 12.7. The molecule has 6 heteroatoms. The molecule has 0 aromatic rings. The van der Waals surface area contributed by atoms with Crippen molar-refractivity contribution >= 4 is 12.0 Å². The van der Waals surface area contributed by atoms with Crippen LogP contribution in [-0.4, -0.2) is 43.4 Å². The minimum atomic E-state index is -0.746. The van der Waals surface area contributed by atoms with E-state index in [1.807, 2.05) is 20.8 Å². The lowest BCUT2D eigenvalue weighted by atomic mass is 9.61. The molecule has 3 N–H and O–H groups in total. The van der Waals surface area contributed by atoms with Gasteiger partial charge in [0.2, 0.25) is 0 Å². The second-order valence-corrected chi connectivity index (χ2v) is 6.08. The molecule has 0 saturated heterocycles. The maximum Gasteiger partial charge on any atom is 0.315 e. The summed E-state index contributed by atoms with van der Waals surface area (Å²) in [5.74, 6) is -0.998. The molecule has 20 heavy (non-hydrogen) atoms. The lowest BCUT2D eigenvalue weighted by Gasteiger charge is -2.46. The van der Waals surface area contributed by atoms with Gasteiger partial charge in [-0.3, -0.25) is 4.79 Å². The molecule has 0 aliphatic heterocycles. The van der Waals surface area contributed by atoms with E-state index >= 15 is 0 Å². The Morgan fingerprint density at radius 1 is 1.35 bits per heavy atom. The summed E-state index contributed by atoms with van der Waals surface area (Å²) < 4.78 is 4.87. The highest BCUT2D eigenvalue weighted by molar-refractivity contribution is 5.74. The second kappa shape index (κ2) is 6.92. The summed E-state index contributed by atoms with van der Waals surface area (Å²) in [6, 6.07) is -0.216. The van der Waals surface area contributed by atoms with Gasteiger partial charge in [-0.05, 0) is 24.2 Å². The van der Waals surface area contributed by atoms with E-state index in [0.717, 1.165) is 0 Å². The fourth-order valence-corrected chi connectivity index (χ4v) is 2.93. The molecular formula is C14H26N2O4. The largest absolute Gasteiger partial charge is 0.481 e. The molecule has 3 atom stereocenters. The van der Waals surface area contributed by atoms with Crippen molar-refractivity contribution in [1.29, 1.82) is 0 Å². The maximum absolute atomic E-state index is 11.8. The van der Waals surface area contributed by atoms with Gasteiger partial charge in [-0.2, -0.15) is 0 Å². The number of rotatable bonds is 5. The number of carboxylic acid groups (broad SMARTS) is 1. The average Bonchev–Trinajstić information content (AvgIpc) is 2.35. The van der Waals surface area contributed by atoms with Crippen molar-refractivity contribution in [3.05, 3.63) is 0 Å². The molecule has 0 spiro atoms. The molecule has 1 fully saturated rings. The monoisotopic (exact) mass is 286 g/mol. The van der Waals surface area contributed by atoms with Crippen LogP contribution < -0.4 is 10.6 Å². The Morgan fingerprint density at radius 3 is 2.55 bits per heavy atom. The molecule has 3 unspecified atom stereocenters. The number of hydrogen-bond donors (Lipinski definition) is 3. The number of nitrogens with one attached hydrogen (secondary N) is 2. The zero-order valence-corrected chi connectivity index (χ0v) is 12.7. The van der Waals surface area contributed by atoms with Crippen molar-refractivity contribution < 1.29 is 19.4 Å². The van der Waals surface area contributed by atoms with Crippen LogP contribution in [0, 0.1) is 17.3 Å². The Bertz CT molecular complexity index is 357. The third-order valence-electron chi connectivity index (χ3n) is 4.65. The van der Waals surface area contributed by atoms with E-state index in [1.165, 1.54) is 0 Å². The normalized spacial score (nSPS) is 28.7. The molecule has 0 bridgehead atoms. The summed E-state index contributed by atoms with van der Waals surface area (Å²) >= 11 is 0. The quantitative estimate of drug-likeness (QED) is 0.668. The number of carbonyl (C=O) groups excluding carboxylic acids is 1. The van der Waals surface area contributed by atoms with Crippen molar-refractivity contribution in [2.24, 2.45) is 17.3 Å². The Kier molecular flexibility index (Phi) is 5.80. The summed E-state index contributed by atoms with van der Waals surface area (Å²) in [5, 5.41) is 15.0. The summed E-state index contributed by atoms with van der Waals surface area (Å²) in [6.45, 7) is 6.88. The van der Waals surface area contributed by atoms with Gasteiger partial charge in [0.1, 0.15) is 0 Å². The number of ether oxygens (including phenoxy) is 1. The van der Waals surface area contributed by atoms with E-state index < -0.39 is 5.97 Å². The van der Waals surface area contributed by atoms with Crippen LogP contribution >= 0.6 is 0 Å². The van der Waals surface area contributed by atoms with Crippen molar-refractivity contribution in [3.8, 4) is 0 Å². The molecule has 0 aromatic carbocycles. The summed E-state index contributed by atoms with van der Waals surface area (Å²) in [7, 11) is 1.58. The molecule has 1 rings (SSSR count). The lowest BCUT2D eigenvalue weighted by molar-refractivity contribution is -0.150. The number of amides is 2. The first-order valence-electron chi connectivity index (χ1n) is 7.06. The Hall–Kier alpha value is -1.30. The van der Waals surface area contributed by atoms with Crippen LogP contribution in [0.25, 0.3) is 0 Å². The average molecular weight is 286 g/mol. The third kappa shape index (κ3) is 3.85. The van der Waals surface area contributed by atoms with Gasteiger partial charge in [-0.15, -0.1) is 0 Å². The summed E-state index contributed by atoms with van der Waals surface area (Å²) in [6.07, 6.45) is 1.29. The molecule has 1 aliphatic carbocycles. The smallest absolute Gasteiger partial charge is 0.315 e. The first kappa shape index (κ1) is 16.8. The predicted molar refractivity (Wildman–Crippen MR) is 75.5 cm³/mol. The number of carbonyl (C=O) groups is 2. The first-order valence-corrected chi connectivity index (χ1v) is 7.06. The van der Waals surface area contributed by atoms with Crippen molar-refractivity contribution in [2.75, 3.05) is 20.3 Å². The van der Waals surface area contributed by atoms with E-state index in [2.05, 4.69) is 10.6 Å². The Morgan fingerprint density at radius 2 is 2.00 bits per heavy atom. The van der Waals surface area contributed by atoms with E-state index in [1.54, 1.807) is 7.11 Å². The number of aliphatic carboxylic acids is 1. The standard InChI is InChI=1S/C14H26N2O4/c1-9-11(16-13(19)15-7-8-20-4)6-5-10(12(17)18)14(9,2)3/h9-11H,5-8H2,1-4H3,(H,17,18)(H2,15,16,19). The van der Waals surface area contributed by atoms with Gasteiger partial charge in [0.25, 0.3) is 0 Å². The molecule has 2 amide bonds. The van der Waals surface area contributed by atoms with Crippen LogP contribution in [0.1, 0.15) is 33.6 Å². The SMILES string of the molecule is COCCNC(=O)NC1CCC(C(=O)O)C(C)(C)C1C. The van der Waals surface area contributed by atoms with Crippen molar-refractivity contribution in [1.82, 2.24) is 10.6 Å². The van der Waals surface area contributed by atoms with Gasteiger partial charge in [-0.1, -0.05) is 20.8 Å². The summed E-state index contributed by atoms with van der Waals surface area (Å²) in [5.41, 5.74) is -0.339.